The first kappa shape index (κ1) is 16.4. The molecular weight excluding hydrogens is 214 g/mol. The molecule has 2 N–H and O–H groups in total. The minimum atomic E-state index is -0.721. The van der Waals surface area contributed by atoms with E-state index in [4.69, 9.17) is 5.11 Å². The fourth-order valence-corrected chi connectivity index (χ4v) is 1.76. The molecule has 17 heavy (non-hydrogen) atoms. The van der Waals surface area contributed by atoms with E-state index in [1.54, 1.807) is 0 Å². The predicted molar refractivity (Wildman–Crippen MR) is 72.2 cm³/mol. The van der Waals surface area contributed by atoms with Gasteiger partial charge in [-0.05, 0) is 31.6 Å². The third-order valence-corrected chi connectivity index (χ3v) is 2.96. The van der Waals surface area contributed by atoms with Crippen molar-refractivity contribution in [1.29, 1.82) is 0 Å². The highest BCUT2D eigenvalue weighted by atomic mass is 16.4. The van der Waals surface area contributed by atoms with E-state index in [1.807, 2.05) is 0 Å². The Hall–Kier alpha value is -0.570. The maximum Gasteiger partial charge on any atom is 0.320 e. The van der Waals surface area contributed by atoms with Gasteiger partial charge in [0.1, 0.15) is 6.04 Å². The summed E-state index contributed by atoms with van der Waals surface area (Å²) in [6.07, 6.45) is 4.88. The molecule has 0 radical (unpaired) electrons. The smallest absolute Gasteiger partial charge is 0.320 e. The second-order valence-electron chi connectivity index (χ2n) is 6.20. The number of unbranched alkanes of at least 4 members (excludes halogenated alkanes) is 1. The Morgan fingerprint density at radius 2 is 1.88 bits per heavy atom. The SMILES string of the molecule is CCCC[C@H](NC(C)CCC(C)(C)C)C(=O)O. The number of aliphatic carboxylic acids is 1. The lowest BCUT2D eigenvalue weighted by molar-refractivity contribution is -0.139. The summed E-state index contributed by atoms with van der Waals surface area (Å²) in [6.45, 7) is 10.8. The molecular formula is C14H29NO2. The van der Waals surface area contributed by atoms with Crippen LogP contribution in [0.2, 0.25) is 0 Å². The van der Waals surface area contributed by atoms with Gasteiger partial charge < -0.3 is 10.4 Å². The summed E-state index contributed by atoms with van der Waals surface area (Å²) >= 11 is 0. The zero-order valence-corrected chi connectivity index (χ0v) is 12.0. The standard InChI is InChI=1S/C14H29NO2/c1-6-7-8-12(13(16)17)15-11(2)9-10-14(3,4)5/h11-12,15H,6-10H2,1-5H3,(H,16,17)/t11?,12-/m0/s1. The number of rotatable bonds is 8. The van der Waals surface area contributed by atoms with Crippen molar-refractivity contribution < 1.29 is 9.90 Å². The van der Waals surface area contributed by atoms with E-state index in [-0.39, 0.29) is 12.1 Å². The Morgan fingerprint density at radius 1 is 1.29 bits per heavy atom. The molecule has 0 aliphatic heterocycles. The lowest BCUT2D eigenvalue weighted by atomic mass is 9.89. The quantitative estimate of drug-likeness (QED) is 0.686. The number of nitrogens with one attached hydrogen (secondary N) is 1. The van der Waals surface area contributed by atoms with Crippen LogP contribution in [-0.4, -0.2) is 23.2 Å². The Balaban J connectivity index is 4.03. The van der Waals surface area contributed by atoms with Crippen LogP contribution in [0.15, 0.2) is 0 Å². The molecule has 0 aliphatic rings. The van der Waals surface area contributed by atoms with E-state index in [0.717, 1.165) is 32.1 Å². The van der Waals surface area contributed by atoms with Crippen LogP contribution in [0.3, 0.4) is 0 Å². The van der Waals surface area contributed by atoms with Gasteiger partial charge in [0.15, 0.2) is 0 Å². The van der Waals surface area contributed by atoms with E-state index in [1.165, 1.54) is 0 Å². The van der Waals surface area contributed by atoms with Crippen molar-refractivity contribution in [1.82, 2.24) is 5.32 Å². The summed E-state index contributed by atoms with van der Waals surface area (Å²) in [7, 11) is 0. The molecule has 0 heterocycles. The number of carboxylic acids is 1. The summed E-state index contributed by atoms with van der Waals surface area (Å²) in [6, 6.07) is -0.114. The molecule has 0 saturated carbocycles. The van der Waals surface area contributed by atoms with Gasteiger partial charge in [-0.3, -0.25) is 4.79 Å². The van der Waals surface area contributed by atoms with Crippen LogP contribution in [0.4, 0.5) is 0 Å². The van der Waals surface area contributed by atoms with Gasteiger partial charge in [0.05, 0.1) is 0 Å². The van der Waals surface area contributed by atoms with Gasteiger partial charge in [0, 0.05) is 6.04 Å². The molecule has 1 unspecified atom stereocenters. The first-order chi connectivity index (χ1) is 7.76. The Labute approximate surface area is 106 Å². The summed E-state index contributed by atoms with van der Waals surface area (Å²) in [5, 5.41) is 12.3. The predicted octanol–water partition coefficient (Wildman–Crippen LogP) is 3.43. The van der Waals surface area contributed by atoms with Crippen LogP contribution in [0.25, 0.3) is 0 Å². The van der Waals surface area contributed by atoms with Crippen LogP contribution in [0, 0.1) is 5.41 Å². The summed E-state index contributed by atoms with van der Waals surface area (Å²) in [4.78, 5) is 11.1. The van der Waals surface area contributed by atoms with Gasteiger partial charge in [-0.25, -0.2) is 0 Å². The topological polar surface area (TPSA) is 49.3 Å². The monoisotopic (exact) mass is 243 g/mol. The van der Waals surface area contributed by atoms with Crippen molar-refractivity contribution in [2.45, 2.75) is 78.8 Å². The van der Waals surface area contributed by atoms with Crippen molar-refractivity contribution in [2.75, 3.05) is 0 Å². The molecule has 3 nitrogen and oxygen atoms in total. The van der Waals surface area contributed by atoms with Crippen LogP contribution < -0.4 is 5.32 Å². The summed E-state index contributed by atoms with van der Waals surface area (Å²) < 4.78 is 0. The second-order valence-corrected chi connectivity index (χ2v) is 6.20. The van der Waals surface area contributed by atoms with Crippen molar-refractivity contribution in [2.24, 2.45) is 5.41 Å². The van der Waals surface area contributed by atoms with Crippen molar-refractivity contribution in [3.8, 4) is 0 Å². The molecule has 0 amide bonds. The highest BCUT2D eigenvalue weighted by molar-refractivity contribution is 5.73. The van der Waals surface area contributed by atoms with Crippen molar-refractivity contribution in [3.05, 3.63) is 0 Å². The molecule has 0 aliphatic carbocycles. The molecule has 0 spiro atoms. The Bertz CT molecular complexity index is 221. The first-order valence-electron chi connectivity index (χ1n) is 6.75. The highest BCUT2D eigenvalue weighted by Gasteiger charge is 2.20. The van der Waals surface area contributed by atoms with Crippen LogP contribution in [0.5, 0.6) is 0 Å². The molecule has 102 valence electrons. The van der Waals surface area contributed by atoms with Crippen molar-refractivity contribution >= 4 is 5.97 Å². The van der Waals surface area contributed by atoms with Gasteiger partial charge >= 0.3 is 5.97 Å². The van der Waals surface area contributed by atoms with Gasteiger partial charge in [0.2, 0.25) is 0 Å². The van der Waals surface area contributed by atoms with Gasteiger partial charge in [-0.15, -0.1) is 0 Å². The average molecular weight is 243 g/mol. The average Bonchev–Trinajstić information content (AvgIpc) is 2.19. The van der Waals surface area contributed by atoms with Gasteiger partial charge in [-0.2, -0.15) is 0 Å². The molecule has 0 fully saturated rings. The lowest BCUT2D eigenvalue weighted by Crippen LogP contribution is -2.42. The molecule has 2 atom stereocenters. The largest absolute Gasteiger partial charge is 0.480 e. The van der Waals surface area contributed by atoms with Crippen LogP contribution in [0.1, 0.15) is 66.7 Å². The minimum Gasteiger partial charge on any atom is -0.480 e. The third kappa shape index (κ3) is 9.16. The normalized spacial score (nSPS) is 15.6. The zero-order chi connectivity index (χ0) is 13.5. The fourth-order valence-electron chi connectivity index (χ4n) is 1.76. The molecule has 0 saturated heterocycles. The Morgan fingerprint density at radius 3 is 2.29 bits per heavy atom. The van der Waals surface area contributed by atoms with Crippen LogP contribution in [-0.2, 0) is 4.79 Å². The molecule has 0 aromatic carbocycles. The van der Waals surface area contributed by atoms with Crippen molar-refractivity contribution in [3.63, 3.8) is 0 Å². The minimum absolute atomic E-state index is 0.271. The van der Waals surface area contributed by atoms with E-state index in [2.05, 4.69) is 39.9 Å². The lowest BCUT2D eigenvalue weighted by Gasteiger charge is -2.24. The molecule has 0 aromatic heterocycles. The van der Waals surface area contributed by atoms with Gasteiger partial charge in [0.25, 0.3) is 0 Å². The highest BCUT2D eigenvalue weighted by Crippen LogP contribution is 2.21. The molecule has 0 bridgehead atoms. The first-order valence-corrected chi connectivity index (χ1v) is 6.75. The molecule has 3 heteroatoms. The van der Waals surface area contributed by atoms with Crippen LogP contribution >= 0.6 is 0 Å². The number of hydrogen-bond acceptors (Lipinski definition) is 2. The van der Waals surface area contributed by atoms with E-state index in [0.29, 0.717) is 5.41 Å². The van der Waals surface area contributed by atoms with E-state index < -0.39 is 5.97 Å². The Kier molecular flexibility index (Phi) is 7.44. The second kappa shape index (κ2) is 7.70. The van der Waals surface area contributed by atoms with Gasteiger partial charge in [-0.1, -0.05) is 40.5 Å². The number of carboxylic acid groups (broad SMARTS) is 1. The van der Waals surface area contributed by atoms with E-state index >= 15 is 0 Å². The summed E-state index contributed by atoms with van der Waals surface area (Å²) in [5.41, 5.74) is 0.318. The zero-order valence-electron chi connectivity index (χ0n) is 12.0. The summed E-state index contributed by atoms with van der Waals surface area (Å²) in [5.74, 6) is -0.721. The molecule has 0 aromatic rings. The van der Waals surface area contributed by atoms with E-state index in [9.17, 15) is 4.79 Å². The fraction of sp³-hybridized carbons (Fsp3) is 0.929. The number of carbonyl (C=O) groups is 1. The number of hydrogen-bond donors (Lipinski definition) is 2. The maximum atomic E-state index is 11.1. The third-order valence-electron chi connectivity index (χ3n) is 2.96. The maximum absolute atomic E-state index is 11.1. The molecule has 0 rings (SSSR count).